The number of nitrogens with two attached hydrogens (primary N) is 1. The van der Waals surface area contributed by atoms with Gasteiger partial charge in [-0.1, -0.05) is 11.6 Å². The fourth-order valence-electron chi connectivity index (χ4n) is 1.84. The van der Waals surface area contributed by atoms with Crippen molar-refractivity contribution < 1.29 is 13.9 Å². The van der Waals surface area contributed by atoms with Crippen LogP contribution < -0.4 is 5.73 Å². The predicted molar refractivity (Wildman–Crippen MR) is 74.9 cm³/mol. The molecule has 3 nitrogen and oxygen atoms in total. The molecule has 0 unspecified atom stereocenters. The molecule has 1 aromatic heterocycles. The zero-order valence-corrected chi connectivity index (χ0v) is 11.7. The summed E-state index contributed by atoms with van der Waals surface area (Å²) in [4.78, 5) is 12.6. The third kappa shape index (κ3) is 2.33. The van der Waals surface area contributed by atoms with E-state index in [0.717, 1.165) is 16.9 Å². The Balaban J connectivity index is 2.63. The lowest BCUT2D eigenvalue weighted by Crippen LogP contribution is -2.01. The van der Waals surface area contributed by atoms with E-state index >= 15 is 0 Å². The number of carbonyl (C=O) groups is 1. The molecule has 2 N–H and O–H groups in total. The van der Waals surface area contributed by atoms with Crippen molar-refractivity contribution in [1.29, 1.82) is 0 Å². The molecule has 0 spiro atoms. The molecule has 0 aliphatic carbocycles. The van der Waals surface area contributed by atoms with Crippen LogP contribution in [0.5, 0.6) is 0 Å². The Morgan fingerprint density at radius 3 is 2.68 bits per heavy atom. The van der Waals surface area contributed by atoms with Gasteiger partial charge in [-0.3, -0.25) is 0 Å². The van der Waals surface area contributed by atoms with Gasteiger partial charge in [0.25, 0.3) is 0 Å². The number of halogens is 1. The van der Waals surface area contributed by atoms with Crippen LogP contribution >= 0.6 is 11.3 Å². The quantitative estimate of drug-likeness (QED) is 0.855. The number of ether oxygens (including phenoxy) is 1. The zero-order chi connectivity index (χ0) is 14.2. The van der Waals surface area contributed by atoms with Crippen molar-refractivity contribution in [2.24, 2.45) is 0 Å². The fraction of sp³-hybridized carbons (Fsp3) is 0.214. The van der Waals surface area contributed by atoms with E-state index in [2.05, 4.69) is 4.74 Å². The van der Waals surface area contributed by atoms with Gasteiger partial charge in [-0.2, -0.15) is 0 Å². The van der Waals surface area contributed by atoms with Crippen LogP contribution in [0.4, 0.5) is 10.1 Å². The molecule has 100 valence electrons. The van der Waals surface area contributed by atoms with E-state index in [1.54, 1.807) is 19.1 Å². The molecule has 0 amide bonds. The molecule has 1 heterocycles. The number of hydrogen-bond acceptors (Lipinski definition) is 4. The molecular weight excluding hydrogens is 265 g/mol. The van der Waals surface area contributed by atoms with E-state index < -0.39 is 5.97 Å². The Morgan fingerprint density at radius 2 is 2.05 bits per heavy atom. The molecule has 2 aromatic rings. The molecular formula is C14H14FNO2S. The third-order valence-electron chi connectivity index (χ3n) is 2.93. The highest BCUT2D eigenvalue weighted by Gasteiger charge is 2.21. The van der Waals surface area contributed by atoms with Gasteiger partial charge in [0.05, 0.1) is 12.8 Å². The van der Waals surface area contributed by atoms with Gasteiger partial charge >= 0.3 is 5.97 Å². The summed E-state index contributed by atoms with van der Waals surface area (Å²) in [5.74, 6) is -0.823. The first kappa shape index (κ1) is 13.5. The summed E-state index contributed by atoms with van der Waals surface area (Å²) < 4.78 is 18.6. The first-order chi connectivity index (χ1) is 8.95. The van der Waals surface area contributed by atoms with Gasteiger partial charge in [0.1, 0.15) is 10.7 Å². The van der Waals surface area contributed by atoms with Gasteiger partial charge in [0.15, 0.2) is 0 Å². The maximum atomic E-state index is 13.9. The predicted octanol–water partition coefficient (Wildman–Crippen LogP) is 3.54. The highest BCUT2D eigenvalue weighted by Crippen LogP contribution is 2.39. The highest BCUT2D eigenvalue weighted by molar-refractivity contribution is 7.18. The molecule has 0 aliphatic heterocycles. The van der Waals surface area contributed by atoms with Gasteiger partial charge in [-0.15, -0.1) is 11.3 Å². The summed E-state index contributed by atoms with van der Waals surface area (Å²) in [6.07, 6.45) is 0. The molecule has 0 aliphatic rings. The maximum absolute atomic E-state index is 13.9. The van der Waals surface area contributed by atoms with Crippen LogP contribution in [0, 0.1) is 19.7 Å². The van der Waals surface area contributed by atoms with E-state index in [9.17, 15) is 9.18 Å². The Morgan fingerprint density at radius 1 is 1.37 bits per heavy atom. The Kier molecular flexibility index (Phi) is 3.57. The minimum Gasteiger partial charge on any atom is -0.465 e. The van der Waals surface area contributed by atoms with E-state index in [-0.39, 0.29) is 5.82 Å². The third-order valence-corrected chi connectivity index (χ3v) is 4.25. The van der Waals surface area contributed by atoms with Crippen LogP contribution in [0.15, 0.2) is 18.2 Å². The molecule has 5 heteroatoms. The van der Waals surface area contributed by atoms with Crippen molar-refractivity contribution in [2.45, 2.75) is 13.8 Å². The molecule has 2 rings (SSSR count). The van der Waals surface area contributed by atoms with Crippen molar-refractivity contribution in [1.82, 2.24) is 0 Å². The topological polar surface area (TPSA) is 52.3 Å². The Bertz CT molecular complexity index is 649. The first-order valence-electron chi connectivity index (χ1n) is 5.69. The normalized spacial score (nSPS) is 10.5. The molecule has 19 heavy (non-hydrogen) atoms. The summed E-state index contributed by atoms with van der Waals surface area (Å²) >= 11 is 1.16. The number of benzene rings is 1. The number of nitrogen functional groups attached to an aromatic ring is 1. The smallest absolute Gasteiger partial charge is 0.350 e. The lowest BCUT2D eigenvalue weighted by molar-refractivity contribution is 0.0607. The van der Waals surface area contributed by atoms with Gasteiger partial charge in [-0.05, 0) is 31.5 Å². The molecule has 0 radical (unpaired) electrons. The van der Waals surface area contributed by atoms with E-state index in [0.29, 0.717) is 26.6 Å². The fourth-order valence-corrected chi connectivity index (χ4v) is 3.00. The number of aryl methyl sites for hydroxylation is 1. The summed E-state index contributed by atoms with van der Waals surface area (Å²) in [7, 11) is 1.30. The van der Waals surface area contributed by atoms with Crippen LogP contribution in [0.2, 0.25) is 0 Å². The van der Waals surface area contributed by atoms with Crippen LogP contribution in [0.3, 0.4) is 0 Å². The lowest BCUT2D eigenvalue weighted by Gasteiger charge is -2.03. The monoisotopic (exact) mass is 279 g/mol. The number of rotatable bonds is 2. The molecule has 0 atom stereocenters. The van der Waals surface area contributed by atoms with Crippen LogP contribution in [0.1, 0.15) is 20.8 Å². The van der Waals surface area contributed by atoms with E-state index in [1.807, 2.05) is 6.92 Å². The number of esters is 1. The van der Waals surface area contributed by atoms with Crippen LogP contribution in [0.25, 0.3) is 10.4 Å². The Hall–Kier alpha value is -1.88. The SMILES string of the molecule is COC(=O)c1sc(-c2cc(C)ccc2F)c(C)c1N. The first-order valence-corrected chi connectivity index (χ1v) is 6.51. The van der Waals surface area contributed by atoms with Crippen molar-refractivity contribution >= 4 is 23.0 Å². The minimum atomic E-state index is -0.495. The summed E-state index contributed by atoms with van der Waals surface area (Å²) in [5.41, 5.74) is 8.36. The van der Waals surface area contributed by atoms with Crippen molar-refractivity contribution in [2.75, 3.05) is 12.8 Å². The minimum absolute atomic E-state index is 0.316. The Labute approximate surface area is 114 Å². The van der Waals surface area contributed by atoms with Crippen LogP contribution in [-0.4, -0.2) is 13.1 Å². The molecule has 0 saturated carbocycles. The average molecular weight is 279 g/mol. The zero-order valence-electron chi connectivity index (χ0n) is 10.9. The van der Waals surface area contributed by atoms with Gasteiger partial charge in [-0.25, -0.2) is 9.18 Å². The molecule has 0 fully saturated rings. The number of carbonyl (C=O) groups excluding carboxylic acids is 1. The number of thiophene rings is 1. The highest BCUT2D eigenvalue weighted by atomic mass is 32.1. The van der Waals surface area contributed by atoms with Gasteiger partial charge < -0.3 is 10.5 Å². The number of anilines is 1. The average Bonchev–Trinajstić information content (AvgIpc) is 2.69. The van der Waals surface area contributed by atoms with Gasteiger partial charge in [0.2, 0.25) is 0 Å². The number of methoxy groups -OCH3 is 1. The van der Waals surface area contributed by atoms with Crippen molar-refractivity contribution in [3.8, 4) is 10.4 Å². The molecule has 0 bridgehead atoms. The van der Waals surface area contributed by atoms with E-state index in [4.69, 9.17) is 5.73 Å². The molecule has 1 aromatic carbocycles. The second kappa shape index (κ2) is 5.01. The molecule has 0 saturated heterocycles. The standard InChI is InChI=1S/C14H14FNO2S/c1-7-4-5-10(15)9(6-7)12-8(2)11(16)13(19-12)14(17)18-3/h4-6H,16H2,1-3H3. The maximum Gasteiger partial charge on any atom is 0.350 e. The summed E-state index contributed by atoms with van der Waals surface area (Å²) in [5, 5.41) is 0. The second-order valence-corrected chi connectivity index (χ2v) is 5.29. The summed E-state index contributed by atoms with van der Waals surface area (Å²) in [6.45, 7) is 3.66. The summed E-state index contributed by atoms with van der Waals surface area (Å²) in [6, 6.07) is 4.86. The lowest BCUT2D eigenvalue weighted by atomic mass is 10.1. The van der Waals surface area contributed by atoms with Crippen molar-refractivity contribution in [3.63, 3.8) is 0 Å². The number of hydrogen-bond donors (Lipinski definition) is 1. The van der Waals surface area contributed by atoms with Crippen molar-refractivity contribution in [3.05, 3.63) is 40.0 Å². The largest absolute Gasteiger partial charge is 0.465 e. The van der Waals surface area contributed by atoms with E-state index in [1.165, 1.54) is 13.2 Å². The van der Waals surface area contributed by atoms with Crippen LogP contribution in [-0.2, 0) is 4.74 Å². The van der Waals surface area contributed by atoms with Gasteiger partial charge in [0, 0.05) is 10.4 Å². The second-order valence-electron chi connectivity index (χ2n) is 4.27.